The standard InChI is InChI=1S/C21H19N3O4/c1-26-17-4-2-3-15(11-17)24-21(25)14-5-8-20(22-13-14)23-16-6-7-18-19(12-16)28-10-9-27-18/h2-8,11-13H,9-10H2,1H3,(H,22,23)(H,24,25). The molecule has 0 spiro atoms. The lowest BCUT2D eigenvalue weighted by Crippen LogP contribution is -2.15. The number of anilines is 3. The zero-order chi connectivity index (χ0) is 19.3. The number of aromatic nitrogens is 1. The van der Waals surface area contributed by atoms with E-state index in [0.29, 0.717) is 41.8 Å². The van der Waals surface area contributed by atoms with Crippen LogP contribution < -0.4 is 24.8 Å². The number of carbonyl (C=O) groups excluding carboxylic acids is 1. The molecule has 0 bridgehead atoms. The van der Waals surface area contributed by atoms with Crippen LogP contribution >= 0.6 is 0 Å². The van der Waals surface area contributed by atoms with Crippen LogP contribution in [-0.4, -0.2) is 31.2 Å². The van der Waals surface area contributed by atoms with Crippen LogP contribution in [0.5, 0.6) is 17.2 Å². The van der Waals surface area contributed by atoms with Crippen LogP contribution in [-0.2, 0) is 0 Å². The maximum absolute atomic E-state index is 12.4. The van der Waals surface area contributed by atoms with E-state index in [1.54, 1.807) is 31.4 Å². The van der Waals surface area contributed by atoms with Crippen LogP contribution in [0, 0.1) is 0 Å². The van der Waals surface area contributed by atoms with Crippen LogP contribution in [0.2, 0.25) is 0 Å². The Morgan fingerprint density at radius 1 is 1.00 bits per heavy atom. The van der Waals surface area contributed by atoms with Gasteiger partial charge in [0.25, 0.3) is 5.91 Å². The summed E-state index contributed by atoms with van der Waals surface area (Å²) in [5.74, 6) is 2.48. The molecule has 4 rings (SSSR count). The molecule has 1 aromatic heterocycles. The van der Waals surface area contributed by atoms with Gasteiger partial charge in [-0.1, -0.05) is 6.07 Å². The summed E-state index contributed by atoms with van der Waals surface area (Å²) in [6.07, 6.45) is 1.52. The molecule has 1 aliphatic rings. The Morgan fingerprint density at radius 2 is 1.86 bits per heavy atom. The molecule has 7 nitrogen and oxygen atoms in total. The minimum absolute atomic E-state index is 0.244. The lowest BCUT2D eigenvalue weighted by Gasteiger charge is -2.19. The van der Waals surface area contributed by atoms with Gasteiger partial charge in [0.05, 0.1) is 12.7 Å². The fourth-order valence-corrected chi connectivity index (χ4v) is 2.78. The number of ether oxygens (including phenoxy) is 3. The lowest BCUT2D eigenvalue weighted by molar-refractivity contribution is 0.102. The number of benzene rings is 2. The molecule has 7 heteroatoms. The summed E-state index contributed by atoms with van der Waals surface area (Å²) >= 11 is 0. The smallest absolute Gasteiger partial charge is 0.257 e. The van der Waals surface area contributed by atoms with E-state index in [0.717, 1.165) is 11.4 Å². The summed E-state index contributed by atoms with van der Waals surface area (Å²) in [4.78, 5) is 16.7. The first-order chi connectivity index (χ1) is 13.7. The van der Waals surface area contributed by atoms with Crippen molar-refractivity contribution < 1.29 is 19.0 Å². The minimum atomic E-state index is -0.244. The van der Waals surface area contributed by atoms with Gasteiger partial charge in [-0.25, -0.2) is 4.98 Å². The second-order valence-electron chi connectivity index (χ2n) is 6.10. The normalized spacial score (nSPS) is 12.2. The highest BCUT2D eigenvalue weighted by molar-refractivity contribution is 6.04. The summed E-state index contributed by atoms with van der Waals surface area (Å²) in [5.41, 5.74) is 1.93. The molecule has 0 saturated carbocycles. The van der Waals surface area contributed by atoms with E-state index < -0.39 is 0 Å². The fraction of sp³-hybridized carbons (Fsp3) is 0.143. The van der Waals surface area contributed by atoms with Crippen molar-refractivity contribution in [3.05, 3.63) is 66.4 Å². The number of hydrogen-bond acceptors (Lipinski definition) is 6. The molecule has 2 N–H and O–H groups in total. The third kappa shape index (κ3) is 3.98. The summed E-state index contributed by atoms with van der Waals surface area (Å²) in [5, 5.41) is 6.02. The molecule has 2 aromatic carbocycles. The van der Waals surface area contributed by atoms with Crippen molar-refractivity contribution >= 4 is 23.1 Å². The number of nitrogens with one attached hydrogen (secondary N) is 2. The van der Waals surface area contributed by atoms with E-state index in [-0.39, 0.29) is 5.91 Å². The second-order valence-corrected chi connectivity index (χ2v) is 6.10. The molecule has 28 heavy (non-hydrogen) atoms. The number of pyridine rings is 1. The Morgan fingerprint density at radius 3 is 2.64 bits per heavy atom. The van der Waals surface area contributed by atoms with Crippen molar-refractivity contribution in [2.24, 2.45) is 0 Å². The molecule has 1 aliphatic heterocycles. The predicted molar refractivity (Wildman–Crippen MR) is 106 cm³/mol. The van der Waals surface area contributed by atoms with Gasteiger partial charge in [0.1, 0.15) is 24.8 Å². The van der Waals surface area contributed by atoms with Gasteiger partial charge >= 0.3 is 0 Å². The first-order valence-corrected chi connectivity index (χ1v) is 8.79. The average molecular weight is 377 g/mol. The van der Waals surface area contributed by atoms with Crippen molar-refractivity contribution in [3.63, 3.8) is 0 Å². The van der Waals surface area contributed by atoms with E-state index in [4.69, 9.17) is 14.2 Å². The molecule has 0 atom stereocenters. The second kappa shape index (κ2) is 7.87. The summed E-state index contributed by atoms with van der Waals surface area (Å²) in [6.45, 7) is 1.09. The molecule has 0 saturated heterocycles. The average Bonchev–Trinajstić information content (AvgIpc) is 2.74. The summed E-state index contributed by atoms with van der Waals surface area (Å²) in [6, 6.07) is 16.2. The predicted octanol–water partition coefficient (Wildman–Crippen LogP) is 3.86. The summed E-state index contributed by atoms with van der Waals surface area (Å²) in [7, 11) is 1.58. The number of methoxy groups -OCH3 is 1. The number of carbonyl (C=O) groups is 1. The minimum Gasteiger partial charge on any atom is -0.497 e. The molecule has 0 radical (unpaired) electrons. The molecule has 1 amide bonds. The van der Waals surface area contributed by atoms with Crippen LogP contribution in [0.1, 0.15) is 10.4 Å². The van der Waals surface area contributed by atoms with Crippen LogP contribution in [0.25, 0.3) is 0 Å². The van der Waals surface area contributed by atoms with Gasteiger partial charge in [-0.3, -0.25) is 4.79 Å². The monoisotopic (exact) mass is 377 g/mol. The Kier molecular flexibility index (Phi) is 4.97. The van der Waals surface area contributed by atoms with Crippen LogP contribution in [0.3, 0.4) is 0 Å². The molecule has 142 valence electrons. The van der Waals surface area contributed by atoms with Crippen molar-refractivity contribution in [1.82, 2.24) is 4.98 Å². The lowest BCUT2D eigenvalue weighted by atomic mass is 10.2. The quantitative estimate of drug-likeness (QED) is 0.703. The van der Waals surface area contributed by atoms with Gasteiger partial charge in [0.2, 0.25) is 0 Å². The van der Waals surface area contributed by atoms with E-state index in [2.05, 4.69) is 15.6 Å². The maximum Gasteiger partial charge on any atom is 0.257 e. The van der Waals surface area contributed by atoms with E-state index in [1.807, 2.05) is 30.3 Å². The zero-order valence-corrected chi connectivity index (χ0v) is 15.3. The van der Waals surface area contributed by atoms with Gasteiger partial charge in [-0.15, -0.1) is 0 Å². The Balaban J connectivity index is 1.42. The maximum atomic E-state index is 12.4. The topological polar surface area (TPSA) is 81.7 Å². The molecule has 0 fully saturated rings. The van der Waals surface area contributed by atoms with Crippen LogP contribution in [0.4, 0.5) is 17.2 Å². The molecule has 0 unspecified atom stereocenters. The van der Waals surface area contributed by atoms with E-state index >= 15 is 0 Å². The highest BCUT2D eigenvalue weighted by atomic mass is 16.6. The number of amides is 1. The first-order valence-electron chi connectivity index (χ1n) is 8.79. The third-order valence-electron chi connectivity index (χ3n) is 4.17. The SMILES string of the molecule is COc1cccc(NC(=O)c2ccc(Nc3ccc4c(c3)OCCO4)nc2)c1. The zero-order valence-electron chi connectivity index (χ0n) is 15.3. The molecule has 3 aromatic rings. The van der Waals surface area contributed by atoms with Gasteiger partial charge < -0.3 is 24.8 Å². The van der Waals surface area contributed by atoms with E-state index in [1.165, 1.54) is 6.20 Å². The van der Waals surface area contributed by atoms with E-state index in [9.17, 15) is 4.79 Å². The largest absolute Gasteiger partial charge is 0.497 e. The fourth-order valence-electron chi connectivity index (χ4n) is 2.78. The third-order valence-corrected chi connectivity index (χ3v) is 4.17. The number of nitrogens with zero attached hydrogens (tertiary/aromatic N) is 1. The van der Waals surface area contributed by atoms with Gasteiger partial charge in [-0.05, 0) is 36.4 Å². The molecular formula is C21H19N3O4. The number of rotatable bonds is 5. The van der Waals surface area contributed by atoms with Gasteiger partial charge in [-0.2, -0.15) is 0 Å². The molecule has 0 aliphatic carbocycles. The molecule has 2 heterocycles. The Hall–Kier alpha value is -3.74. The highest BCUT2D eigenvalue weighted by Gasteiger charge is 2.12. The van der Waals surface area contributed by atoms with Crippen LogP contribution in [0.15, 0.2) is 60.8 Å². The van der Waals surface area contributed by atoms with Crippen molar-refractivity contribution in [3.8, 4) is 17.2 Å². The summed E-state index contributed by atoms with van der Waals surface area (Å²) < 4.78 is 16.3. The van der Waals surface area contributed by atoms with Gasteiger partial charge in [0, 0.05) is 29.7 Å². The van der Waals surface area contributed by atoms with Crippen molar-refractivity contribution in [1.29, 1.82) is 0 Å². The van der Waals surface area contributed by atoms with Crippen molar-refractivity contribution in [2.75, 3.05) is 31.0 Å². The first kappa shape index (κ1) is 17.7. The highest BCUT2D eigenvalue weighted by Crippen LogP contribution is 2.33. The van der Waals surface area contributed by atoms with Crippen molar-refractivity contribution in [2.45, 2.75) is 0 Å². The Bertz CT molecular complexity index is 989. The molecular weight excluding hydrogens is 358 g/mol. The number of hydrogen-bond donors (Lipinski definition) is 2. The van der Waals surface area contributed by atoms with Gasteiger partial charge in [0.15, 0.2) is 11.5 Å². The Labute approximate surface area is 162 Å². The number of fused-ring (bicyclic) bond motifs is 1.